The molecule has 0 saturated carbocycles. The van der Waals surface area contributed by atoms with E-state index in [2.05, 4.69) is 21.3 Å². The third kappa shape index (κ3) is 3.06. The molecule has 4 heterocycles. The van der Waals surface area contributed by atoms with Gasteiger partial charge in [-0.3, -0.25) is 24.2 Å². The maximum absolute atomic E-state index is 12.6. The lowest BCUT2D eigenvalue weighted by Gasteiger charge is -2.34. The highest BCUT2D eigenvalue weighted by atomic mass is 32.1. The molecule has 1 saturated heterocycles. The first kappa shape index (κ1) is 16.7. The van der Waals surface area contributed by atoms with Gasteiger partial charge < -0.3 is 4.90 Å². The van der Waals surface area contributed by atoms with Gasteiger partial charge in [0.05, 0.1) is 4.92 Å². The fourth-order valence-electron chi connectivity index (χ4n) is 3.19. The molecule has 0 N–H and O–H groups in total. The Morgan fingerprint density at radius 1 is 1.15 bits per heavy atom. The van der Waals surface area contributed by atoms with Crippen LogP contribution in [-0.4, -0.2) is 45.4 Å². The second-order valence-electron chi connectivity index (χ2n) is 6.12. The molecule has 26 heavy (non-hydrogen) atoms. The Bertz CT molecular complexity index is 993. The van der Waals surface area contributed by atoms with Gasteiger partial charge in [-0.25, -0.2) is 4.98 Å². The summed E-state index contributed by atoms with van der Waals surface area (Å²) in [5.74, 6) is 0.168. The fourth-order valence-corrected chi connectivity index (χ4v) is 3.94. The molecule has 3 aromatic rings. The first-order valence-corrected chi connectivity index (χ1v) is 9.17. The van der Waals surface area contributed by atoms with Crippen LogP contribution >= 0.6 is 11.3 Å². The minimum Gasteiger partial charge on any atom is -0.348 e. The molecule has 9 heteroatoms. The summed E-state index contributed by atoms with van der Waals surface area (Å²) in [5, 5.41) is 13.6. The number of hydrogen-bond donors (Lipinski definition) is 0. The van der Waals surface area contributed by atoms with Crippen LogP contribution in [-0.2, 0) is 6.54 Å². The van der Waals surface area contributed by atoms with Gasteiger partial charge in [0.1, 0.15) is 5.65 Å². The number of nitrogens with zero attached hydrogens (tertiary/aromatic N) is 5. The number of thiophene rings is 1. The predicted octanol–water partition coefficient (Wildman–Crippen LogP) is 1.99. The van der Waals surface area contributed by atoms with Gasteiger partial charge in [0.15, 0.2) is 0 Å². The molecule has 1 aliphatic rings. The summed E-state index contributed by atoms with van der Waals surface area (Å²) in [5.41, 5.74) is -0.684. The normalized spacial score (nSPS) is 15.5. The largest absolute Gasteiger partial charge is 0.376 e. The van der Waals surface area contributed by atoms with E-state index < -0.39 is 16.2 Å². The SMILES string of the molecule is O=c1c([N+](=O)[O-])c(N2CCN(Cc3cccs3)CC2)nc2ccccn12. The minimum absolute atomic E-state index is 0.168. The van der Waals surface area contributed by atoms with E-state index in [-0.39, 0.29) is 5.82 Å². The van der Waals surface area contributed by atoms with Crippen LogP contribution in [0.4, 0.5) is 11.5 Å². The average molecular weight is 371 g/mol. The standard InChI is InChI=1S/C17H17N5O3S/c23-17-15(22(24)25)16(18-14-5-1-2-6-21(14)17)20-9-7-19(8-10-20)12-13-4-3-11-26-13/h1-6,11H,7-10,12H2. The molecule has 0 radical (unpaired) electrons. The van der Waals surface area contributed by atoms with E-state index in [1.165, 1.54) is 15.5 Å². The highest BCUT2D eigenvalue weighted by Crippen LogP contribution is 2.24. The molecule has 3 aromatic heterocycles. The van der Waals surface area contributed by atoms with Crippen molar-refractivity contribution in [3.8, 4) is 0 Å². The minimum atomic E-state index is -0.642. The van der Waals surface area contributed by atoms with Crippen LogP contribution in [0.25, 0.3) is 5.65 Å². The zero-order chi connectivity index (χ0) is 18.1. The Kier molecular flexibility index (Phi) is 4.39. The van der Waals surface area contributed by atoms with Gasteiger partial charge >= 0.3 is 11.2 Å². The predicted molar refractivity (Wildman–Crippen MR) is 99.9 cm³/mol. The maximum Gasteiger partial charge on any atom is 0.376 e. The van der Waals surface area contributed by atoms with Crippen molar-refractivity contribution >= 4 is 28.5 Å². The van der Waals surface area contributed by atoms with Crippen molar-refractivity contribution in [1.82, 2.24) is 14.3 Å². The van der Waals surface area contributed by atoms with Gasteiger partial charge in [-0.05, 0) is 23.6 Å². The fraction of sp³-hybridized carbons (Fsp3) is 0.294. The summed E-state index contributed by atoms with van der Waals surface area (Å²) in [6.07, 6.45) is 1.50. The van der Waals surface area contributed by atoms with Gasteiger partial charge in [0.2, 0.25) is 5.82 Å². The maximum atomic E-state index is 12.6. The summed E-state index contributed by atoms with van der Waals surface area (Å²) in [6, 6.07) is 9.24. The molecule has 8 nitrogen and oxygen atoms in total. The van der Waals surface area contributed by atoms with Crippen molar-refractivity contribution in [1.29, 1.82) is 0 Å². The average Bonchev–Trinajstić information content (AvgIpc) is 3.15. The molecule has 1 fully saturated rings. The summed E-state index contributed by atoms with van der Waals surface area (Å²) in [4.78, 5) is 33.3. The third-order valence-corrected chi connectivity index (χ3v) is 5.37. The number of anilines is 1. The van der Waals surface area contributed by atoms with E-state index in [1.54, 1.807) is 29.5 Å². The number of rotatable bonds is 4. The quantitative estimate of drug-likeness (QED) is 0.515. The molecule has 0 unspecified atom stereocenters. The number of pyridine rings is 1. The number of piperazine rings is 1. The molecule has 1 aliphatic heterocycles. The van der Waals surface area contributed by atoms with Gasteiger partial charge in [-0.15, -0.1) is 11.3 Å². The van der Waals surface area contributed by atoms with Gasteiger partial charge in [-0.2, -0.15) is 0 Å². The first-order valence-electron chi connectivity index (χ1n) is 8.29. The Labute approximate surface area is 153 Å². The Balaban J connectivity index is 1.62. The third-order valence-electron chi connectivity index (χ3n) is 4.51. The van der Waals surface area contributed by atoms with E-state index in [9.17, 15) is 14.9 Å². The van der Waals surface area contributed by atoms with Crippen LogP contribution in [0.2, 0.25) is 0 Å². The zero-order valence-corrected chi connectivity index (χ0v) is 14.8. The smallest absolute Gasteiger partial charge is 0.348 e. The lowest BCUT2D eigenvalue weighted by atomic mass is 10.2. The molecule has 0 aliphatic carbocycles. The van der Waals surface area contributed by atoms with Crippen molar-refractivity contribution < 1.29 is 4.92 Å². The van der Waals surface area contributed by atoms with Crippen molar-refractivity contribution in [3.05, 3.63) is 67.3 Å². The number of fused-ring (bicyclic) bond motifs is 1. The van der Waals surface area contributed by atoms with E-state index in [0.717, 1.165) is 19.6 Å². The molecule has 0 spiro atoms. The van der Waals surface area contributed by atoms with E-state index in [0.29, 0.717) is 18.7 Å². The van der Waals surface area contributed by atoms with E-state index in [1.807, 2.05) is 11.0 Å². The van der Waals surface area contributed by atoms with Crippen LogP contribution in [0, 0.1) is 10.1 Å². The summed E-state index contributed by atoms with van der Waals surface area (Å²) in [6.45, 7) is 3.61. The van der Waals surface area contributed by atoms with Crippen molar-refractivity contribution in [2.75, 3.05) is 31.1 Å². The van der Waals surface area contributed by atoms with Crippen LogP contribution in [0.3, 0.4) is 0 Å². The van der Waals surface area contributed by atoms with Gasteiger partial charge in [0, 0.05) is 43.8 Å². The topological polar surface area (TPSA) is 84.0 Å². The van der Waals surface area contributed by atoms with Crippen molar-refractivity contribution in [3.63, 3.8) is 0 Å². The molecular formula is C17H17N5O3S. The Morgan fingerprint density at radius 3 is 2.65 bits per heavy atom. The Morgan fingerprint density at radius 2 is 1.96 bits per heavy atom. The molecular weight excluding hydrogens is 354 g/mol. The van der Waals surface area contributed by atoms with E-state index in [4.69, 9.17) is 0 Å². The van der Waals surface area contributed by atoms with Crippen LogP contribution in [0.1, 0.15) is 4.88 Å². The molecule has 4 rings (SSSR count). The molecule has 134 valence electrons. The second-order valence-corrected chi connectivity index (χ2v) is 7.15. The zero-order valence-electron chi connectivity index (χ0n) is 13.9. The highest BCUT2D eigenvalue weighted by Gasteiger charge is 2.29. The first-order chi connectivity index (χ1) is 12.6. The number of hydrogen-bond acceptors (Lipinski definition) is 7. The van der Waals surface area contributed by atoms with E-state index >= 15 is 0 Å². The molecule has 0 atom stereocenters. The number of aromatic nitrogens is 2. The summed E-state index contributed by atoms with van der Waals surface area (Å²) >= 11 is 1.72. The highest BCUT2D eigenvalue weighted by molar-refractivity contribution is 7.09. The van der Waals surface area contributed by atoms with Crippen LogP contribution < -0.4 is 10.5 Å². The number of nitro groups is 1. The van der Waals surface area contributed by atoms with Crippen molar-refractivity contribution in [2.45, 2.75) is 6.54 Å². The van der Waals surface area contributed by atoms with Crippen LogP contribution in [0.15, 0.2) is 46.7 Å². The lowest BCUT2D eigenvalue weighted by Crippen LogP contribution is -2.46. The molecule has 0 amide bonds. The molecule has 0 bridgehead atoms. The summed E-state index contributed by atoms with van der Waals surface area (Å²) in [7, 11) is 0. The molecule has 0 aromatic carbocycles. The van der Waals surface area contributed by atoms with Gasteiger partial charge in [0.25, 0.3) is 0 Å². The summed E-state index contributed by atoms with van der Waals surface area (Å²) < 4.78 is 1.22. The Hall–Kier alpha value is -2.78. The van der Waals surface area contributed by atoms with Crippen molar-refractivity contribution in [2.24, 2.45) is 0 Å². The second kappa shape index (κ2) is 6.85. The lowest BCUT2D eigenvalue weighted by molar-refractivity contribution is -0.385. The van der Waals surface area contributed by atoms with Crippen LogP contribution in [0.5, 0.6) is 0 Å². The van der Waals surface area contributed by atoms with Gasteiger partial charge in [-0.1, -0.05) is 12.1 Å². The monoisotopic (exact) mass is 371 g/mol.